The second-order valence-corrected chi connectivity index (χ2v) is 11.3. The molecule has 34 heavy (non-hydrogen) atoms. The highest BCUT2D eigenvalue weighted by Crippen LogP contribution is 2.41. The van der Waals surface area contributed by atoms with Gasteiger partial charge in [0.15, 0.2) is 9.84 Å². The summed E-state index contributed by atoms with van der Waals surface area (Å²) in [6, 6.07) is 7.24. The van der Waals surface area contributed by atoms with Crippen molar-refractivity contribution in [1.29, 1.82) is 0 Å². The molecule has 2 N–H and O–H groups in total. The van der Waals surface area contributed by atoms with Crippen LogP contribution in [0, 0.1) is 5.41 Å². The summed E-state index contributed by atoms with van der Waals surface area (Å²) >= 11 is 5.92. The van der Waals surface area contributed by atoms with Gasteiger partial charge in [-0.05, 0) is 24.6 Å². The Morgan fingerprint density at radius 2 is 1.76 bits per heavy atom. The third-order valence-electron chi connectivity index (χ3n) is 6.10. The third kappa shape index (κ3) is 4.69. The molecule has 3 aromatic rings. The van der Waals surface area contributed by atoms with Crippen molar-refractivity contribution < 1.29 is 13.2 Å². The van der Waals surface area contributed by atoms with Crippen molar-refractivity contribution in [3.05, 3.63) is 53.6 Å². The molecule has 0 amide bonds. The van der Waals surface area contributed by atoms with Crippen LogP contribution in [0.15, 0.2) is 47.9 Å². The second kappa shape index (κ2) is 8.73. The Morgan fingerprint density at radius 3 is 2.38 bits per heavy atom. The molecule has 2 fully saturated rings. The van der Waals surface area contributed by atoms with Crippen LogP contribution < -0.4 is 10.6 Å². The van der Waals surface area contributed by atoms with E-state index in [0.29, 0.717) is 28.9 Å². The molecule has 5 heterocycles. The number of sulfone groups is 1. The first-order valence-corrected chi connectivity index (χ1v) is 13.0. The van der Waals surface area contributed by atoms with Crippen molar-refractivity contribution in [3.63, 3.8) is 0 Å². The van der Waals surface area contributed by atoms with Crippen molar-refractivity contribution in [2.45, 2.75) is 17.9 Å². The minimum atomic E-state index is -3.54. The molecular weight excluding hydrogens is 478 g/mol. The van der Waals surface area contributed by atoms with Crippen molar-refractivity contribution in [2.24, 2.45) is 5.41 Å². The molecule has 2 saturated heterocycles. The number of hydrogen-bond donors (Lipinski definition) is 2. The number of nitrogens with zero attached hydrogens (tertiary/aromatic N) is 5. The van der Waals surface area contributed by atoms with E-state index in [1.165, 1.54) is 18.6 Å². The van der Waals surface area contributed by atoms with E-state index in [0.717, 1.165) is 38.1 Å². The largest absolute Gasteiger partial charge is 0.380 e. The first kappa shape index (κ1) is 22.9. The summed E-state index contributed by atoms with van der Waals surface area (Å²) in [5.74, 6) is 1.63. The number of rotatable bonds is 7. The minimum absolute atomic E-state index is 0.0162. The van der Waals surface area contributed by atoms with Gasteiger partial charge < -0.3 is 15.4 Å². The lowest BCUT2D eigenvalue weighted by molar-refractivity contribution is -0.197. The molecule has 2 aliphatic rings. The van der Waals surface area contributed by atoms with E-state index in [4.69, 9.17) is 16.3 Å². The van der Waals surface area contributed by atoms with E-state index in [-0.39, 0.29) is 15.7 Å². The highest BCUT2D eigenvalue weighted by molar-refractivity contribution is 7.90. The molecule has 0 radical (unpaired) electrons. The highest BCUT2D eigenvalue weighted by Gasteiger charge is 2.50. The lowest BCUT2D eigenvalue weighted by Crippen LogP contribution is -2.66. The van der Waals surface area contributed by atoms with Gasteiger partial charge in [-0.2, -0.15) is 0 Å². The molecule has 1 spiro atoms. The summed E-state index contributed by atoms with van der Waals surface area (Å²) in [5, 5.41) is 6.30. The molecule has 178 valence electrons. The van der Waals surface area contributed by atoms with Gasteiger partial charge in [-0.15, -0.1) is 0 Å². The molecule has 0 bridgehead atoms. The standard InChI is InChI=1S/C22H24ClN7O3S/c1-14(30-9-22(10-30)11-33-12-22)15-3-4-18(24-7-15)28-19-6-20(27-13-26-19)29-21-17(34(2,31)32)5-16(23)8-25-21/h3-8,13-14H,9-12H2,1-2H3,(H2,24,25,26,27,28,29)/t14-/m1/s1. The Labute approximate surface area is 202 Å². The first-order chi connectivity index (χ1) is 16.2. The van der Waals surface area contributed by atoms with Gasteiger partial charge in [0.05, 0.1) is 18.2 Å². The quantitative estimate of drug-likeness (QED) is 0.498. The molecule has 10 nitrogen and oxygen atoms in total. The van der Waals surface area contributed by atoms with Gasteiger partial charge in [0, 0.05) is 49.3 Å². The van der Waals surface area contributed by atoms with Gasteiger partial charge in [-0.25, -0.2) is 28.4 Å². The lowest BCUT2D eigenvalue weighted by atomic mass is 9.77. The number of aromatic nitrogens is 4. The molecule has 2 aliphatic heterocycles. The summed E-state index contributed by atoms with van der Waals surface area (Å²) < 4.78 is 29.5. The van der Waals surface area contributed by atoms with Crippen LogP contribution in [0.5, 0.6) is 0 Å². The van der Waals surface area contributed by atoms with Crippen LogP contribution in [-0.2, 0) is 14.6 Å². The van der Waals surface area contributed by atoms with Crippen molar-refractivity contribution in [2.75, 3.05) is 43.2 Å². The maximum absolute atomic E-state index is 12.1. The average Bonchev–Trinajstić information content (AvgIpc) is 2.73. The normalized spacial score (nSPS) is 18.1. The molecule has 12 heteroatoms. The monoisotopic (exact) mass is 501 g/mol. The SMILES string of the molecule is C[C@H](c1ccc(Nc2cc(Nc3ncc(Cl)cc3S(C)(=O)=O)ncn2)nc1)N1CC2(COC2)C1. The van der Waals surface area contributed by atoms with E-state index < -0.39 is 9.84 Å². The predicted molar refractivity (Wildman–Crippen MR) is 128 cm³/mol. The van der Waals surface area contributed by atoms with Crippen LogP contribution in [0.4, 0.5) is 23.3 Å². The van der Waals surface area contributed by atoms with Crippen LogP contribution in [-0.4, -0.2) is 65.8 Å². The maximum atomic E-state index is 12.1. The maximum Gasteiger partial charge on any atom is 0.179 e. The summed E-state index contributed by atoms with van der Waals surface area (Å²) in [6.07, 6.45) is 5.69. The molecule has 0 unspecified atom stereocenters. The number of nitrogens with one attached hydrogen (secondary N) is 2. The minimum Gasteiger partial charge on any atom is -0.380 e. The molecule has 1 atom stereocenters. The highest BCUT2D eigenvalue weighted by atomic mass is 35.5. The van der Waals surface area contributed by atoms with Gasteiger partial charge >= 0.3 is 0 Å². The van der Waals surface area contributed by atoms with E-state index >= 15 is 0 Å². The number of hydrogen-bond acceptors (Lipinski definition) is 10. The fourth-order valence-electron chi connectivity index (χ4n) is 4.14. The predicted octanol–water partition coefficient (Wildman–Crippen LogP) is 3.20. The van der Waals surface area contributed by atoms with E-state index in [9.17, 15) is 8.42 Å². The molecule has 3 aromatic heterocycles. The Balaban J connectivity index is 1.26. The lowest BCUT2D eigenvalue weighted by Gasteiger charge is -2.57. The number of halogens is 1. The molecular formula is C22H24ClN7O3S. The first-order valence-electron chi connectivity index (χ1n) is 10.7. The fourth-order valence-corrected chi connectivity index (χ4v) is 5.16. The molecule has 0 saturated carbocycles. The van der Waals surface area contributed by atoms with Crippen LogP contribution in [0.1, 0.15) is 18.5 Å². The summed E-state index contributed by atoms with van der Waals surface area (Å²) in [6.45, 7) is 6.06. The Bertz CT molecular complexity index is 1310. The van der Waals surface area contributed by atoms with Crippen LogP contribution >= 0.6 is 11.6 Å². The van der Waals surface area contributed by atoms with Crippen molar-refractivity contribution in [1.82, 2.24) is 24.8 Å². The Hall–Kier alpha value is -2.86. The van der Waals surface area contributed by atoms with Crippen LogP contribution in [0.25, 0.3) is 0 Å². The van der Waals surface area contributed by atoms with Gasteiger partial charge in [-0.3, -0.25) is 4.90 Å². The van der Waals surface area contributed by atoms with E-state index in [2.05, 4.69) is 48.5 Å². The number of pyridine rings is 2. The summed E-state index contributed by atoms with van der Waals surface area (Å²) in [7, 11) is -3.54. The van der Waals surface area contributed by atoms with Gasteiger partial charge in [0.25, 0.3) is 0 Å². The van der Waals surface area contributed by atoms with E-state index in [1.807, 2.05) is 12.3 Å². The number of anilines is 4. The van der Waals surface area contributed by atoms with Crippen LogP contribution in [0.3, 0.4) is 0 Å². The Morgan fingerprint density at radius 1 is 1.03 bits per heavy atom. The van der Waals surface area contributed by atoms with Gasteiger partial charge in [-0.1, -0.05) is 17.7 Å². The molecule has 0 aromatic carbocycles. The topological polar surface area (TPSA) is 122 Å². The summed E-state index contributed by atoms with van der Waals surface area (Å²) in [4.78, 5) is 19.4. The average molecular weight is 502 g/mol. The number of ether oxygens (including phenoxy) is 1. The second-order valence-electron chi connectivity index (χ2n) is 8.86. The zero-order valence-corrected chi connectivity index (χ0v) is 20.3. The smallest absolute Gasteiger partial charge is 0.179 e. The third-order valence-corrected chi connectivity index (χ3v) is 7.42. The Kier molecular flexibility index (Phi) is 5.88. The summed E-state index contributed by atoms with van der Waals surface area (Å²) in [5.41, 5.74) is 1.53. The van der Waals surface area contributed by atoms with Gasteiger partial charge in [0.1, 0.15) is 34.5 Å². The fraction of sp³-hybridized carbons (Fsp3) is 0.364. The molecule has 0 aliphatic carbocycles. The number of likely N-dealkylation sites (tertiary alicyclic amines) is 1. The van der Waals surface area contributed by atoms with Crippen molar-refractivity contribution in [3.8, 4) is 0 Å². The van der Waals surface area contributed by atoms with Gasteiger partial charge in [0.2, 0.25) is 0 Å². The van der Waals surface area contributed by atoms with Crippen molar-refractivity contribution >= 4 is 44.7 Å². The van der Waals surface area contributed by atoms with Crippen LogP contribution in [0.2, 0.25) is 5.02 Å². The van der Waals surface area contributed by atoms with E-state index in [1.54, 1.807) is 6.07 Å². The molecule has 5 rings (SSSR count). The zero-order valence-electron chi connectivity index (χ0n) is 18.7. The zero-order chi connectivity index (χ0) is 23.9.